The minimum Gasteiger partial charge on any atom is -0.493 e. The van der Waals surface area contributed by atoms with E-state index < -0.39 is 0 Å². The van der Waals surface area contributed by atoms with Gasteiger partial charge in [-0.05, 0) is 29.7 Å². The quantitative estimate of drug-likeness (QED) is 0.803. The molecule has 0 aliphatic carbocycles. The van der Waals surface area contributed by atoms with Gasteiger partial charge in [-0.1, -0.05) is 42.5 Å². The molecule has 0 heterocycles. The molecule has 2 aromatic carbocycles. The maximum Gasteiger partial charge on any atom is 0.203 e. The molecule has 2 rings (SSSR count). The number of rotatable bonds is 6. The van der Waals surface area contributed by atoms with Gasteiger partial charge in [-0.25, -0.2) is 0 Å². The van der Waals surface area contributed by atoms with Gasteiger partial charge in [0.1, 0.15) is 0 Å². The number of allylic oxidation sites excluding steroid dienone is 1. The van der Waals surface area contributed by atoms with Crippen LogP contribution in [-0.2, 0) is 6.42 Å². The van der Waals surface area contributed by atoms with E-state index >= 15 is 0 Å². The van der Waals surface area contributed by atoms with Gasteiger partial charge in [0, 0.05) is 0 Å². The standard InChI is InChI=1S/C18H20O3/c1-19-16-12-15(13-17(20-2)18(16)21-3)11-7-10-14-8-5-4-6-9-14/h4-9,11-13H,10H2,1-3H3. The lowest BCUT2D eigenvalue weighted by atomic mass is 10.1. The molecule has 0 N–H and O–H groups in total. The summed E-state index contributed by atoms with van der Waals surface area (Å²) >= 11 is 0. The molecule has 0 amide bonds. The first-order chi connectivity index (χ1) is 10.3. The van der Waals surface area contributed by atoms with Gasteiger partial charge in [0.15, 0.2) is 11.5 Å². The van der Waals surface area contributed by atoms with Gasteiger partial charge < -0.3 is 14.2 Å². The Morgan fingerprint density at radius 1 is 0.857 bits per heavy atom. The molecule has 0 saturated carbocycles. The summed E-state index contributed by atoms with van der Waals surface area (Å²) in [7, 11) is 4.84. The van der Waals surface area contributed by atoms with Crippen molar-refractivity contribution in [1.29, 1.82) is 0 Å². The van der Waals surface area contributed by atoms with Crippen LogP contribution in [0.5, 0.6) is 17.2 Å². The average molecular weight is 284 g/mol. The van der Waals surface area contributed by atoms with E-state index in [2.05, 4.69) is 24.3 Å². The average Bonchev–Trinajstić information content (AvgIpc) is 2.54. The van der Waals surface area contributed by atoms with Crippen molar-refractivity contribution in [3.05, 3.63) is 59.7 Å². The predicted molar refractivity (Wildman–Crippen MR) is 85.3 cm³/mol. The van der Waals surface area contributed by atoms with E-state index in [1.807, 2.05) is 30.3 Å². The molecule has 21 heavy (non-hydrogen) atoms. The van der Waals surface area contributed by atoms with E-state index in [1.165, 1.54) is 5.56 Å². The molecule has 3 nitrogen and oxygen atoms in total. The molecule has 0 bridgehead atoms. The predicted octanol–water partition coefficient (Wildman–Crippen LogP) is 3.97. The zero-order valence-corrected chi connectivity index (χ0v) is 12.6. The minimum absolute atomic E-state index is 0.611. The highest BCUT2D eigenvalue weighted by atomic mass is 16.5. The first-order valence-electron chi connectivity index (χ1n) is 6.79. The molecular weight excluding hydrogens is 264 g/mol. The maximum absolute atomic E-state index is 5.35. The van der Waals surface area contributed by atoms with Gasteiger partial charge in [-0.15, -0.1) is 0 Å². The topological polar surface area (TPSA) is 27.7 Å². The van der Waals surface area contributed by atoms with E-state index in [1.54, 1.807) is 21.3 Å². The molecule has 0 unspecified atom stereocenters. The van der Waals surface area contributed by atoms with Crippen LogP contribution >= 0.6 is 0 Å². The van der Waals surface area contributed by atoms with Gasteiger partial charge >= 0.3 is 0 Å². The van der Waals surface area contributed by atoms with Crippen LogP contribution in [0.4, 0.5) is 0 Å². The number of hydrogen-bond donors (Lipinski definition) is 0. The number of benzene rings is 2. The van der Waals surface area contributed by atoms with Crippen LogP contribution in [0, 0.1) is 0 Å². The summed E-state index contributed by atoms with van der Waals surface area (Å²) in [4.78, 5) is 0. The molecular formula is C18H20O3. The summed E-state index contributed by atoms with van der Waals surface area (Å²) in [5.74, 6) is 1.94. The van der Waals surface area contributed by atoms with Crippen LogP contribution in [0.15, 0.2) is 48.5 Å². The Labute approximate surface area is 125 Å². The maximum atomic E-state index is 5.35. The molecule has 0 spiro atoms. The van der Waals surface area contributed by atoms with E-state index in [9.17, 15) is 0 Å². The molecule has 0 atom stereocenters. The molecule has 0 aliphatic heterocycles. The fourth-order valence-electron chi connectivity index (χ4n) is 2.14. The first-order valence-corrected chi connectivity index (χ1v) is 6.79. The second-order valence-electron chi connectivity index (χ2n) is 4.55. The highest BCUT2D eigenvalue weighted by molar-refractivity contribution is 5.62. The summed E-state index contributed by atoms with van der Waals surface area (Å²) in [5, 5.41) is 0. The SMILES string of the molecule is COc1cc(C=CCc2ccccc2)cc(OC)c1OC. The fourth-order valence-corrected chi connectivity index (χ4v) is 2.14. The number of methoxy groups -OCH3 is 3. The second-order valence-corrected chi connectivity index (χ2v) is 4.55. The van der Waals surface area contributed by atoms with Crippen LogP contribution in [0.3, 0.4) is 0 Å². The normalized spacial score (nSPS) is 10.6. The molecule has 0 aliphatic rings. The van der Waals surface area contributed by atoms with E-state index in [4.69, 9.17) is 14.2 Å². The van der Waals surface area contributed by atoms with Crippen LogP contribution in [0.25, 0.3) is 6.08 Å². The van der Waals surface area contributed by atoms with Gasteiger partial charge in [0.2, 0.25) is 5.75 Å². The lowest BCUT2D eigenvalue weighted by Gasteiger charge is -2.12. The first kappa shape index (κ1) is 15.0. The summed E-state index contributed by atoms with van der Waals surface area (Å²) < 4.78 is 16.0. The molecule has 0 radical (unpaired) electrons. The zero-order valence-electron chi connectivity index (χ0n) is 12.6. The van der Waals surface area contributed by atoms with E-state index in [-0.39, 0.29) is 0 Å². The Hall–Kier alpha value is -2.42. The Balaban J connectivity index is 2.20. The van der Waals surface area contributed by atoms with Crippen molar-refractivity contribution < 1.29 is 14.2 Å². The van der Waals surface area contributed by atoms with Crippen molar-refractivity contribution in [3.63, 3.8) is 0 Å². The Kier molecular flexibility index (Phi) is 5.27. The van der Waals surface area contributed by atoms with Crippen molar-refractivity contribution >= 4 is 6.08 Å². The Morgan fingerprint density at radius 2 is 1.48 bits per heavy atom. The molecule has 3 heteroatoms. The van der Waals surface area contributed by atoms with Crippen LogP contribution in [0.1, 0.15) is 11.1 Å². The van der Waals surface area contributed by atoms with Crippen LogP contribution in [0.2, 0.25) is 0 Å². The van der Waals surface area contributed by atoms with Crippen LogP contribution in [-0.4, -0.2) is 21.3 Å². The molecule has 2 aromatic rings. The van der Waals surface area contributed by atoms with Crippen molar-refractivity contribution in [2.24, 2.45) is 0 Å². The highest BCUT2D eigenvalue weighted by Gasteiger charge is 2.11. The van der Waals surface area contributed by atoms with Crippen molar-refractivity contribution in [3.8, 4) is 17.2 Å². The Morgan fingerprint density at radius 3 is 2.00 bits per heavy atom. The largest absolute Gasteiger partial charge is 0.493 e. The smallest absolute Gasteiger partial charge is 0.203 e. The summed E-state index contributed by atoms with van der Waals surface area (Å²) in [5.41, 5.74) is 2.29. The van der Waals surface area contributed by atoms with Gasteiger partial charge in [0.25, 0.3) is 0 Å². The monoisotopic (exact) mass is 284 g/mol. The molecule has 0 saturated heterocycles. The molecule has 0 fully saturated rings. The van der Waals surface area contributed by atoms with Crippen molar-refractivity contribution in [2.45, 2.75) is 6.42 Å². The third-order valence-corrected chi connectivity index (χ3v) is 3.19. The van der Waals surface area contributed by atoms with Crippen molar-refractivity contribution in [2.75, 3.05) is 21.3 Å². The summed E-state index contributed by atoms with van der Waals surface area (Å²) in [6.45, 7) is 0. The van der Waals surface area contributed by atoms with Crippen LogP contribution < -0.4 is 14.2 Å². The van der Waals surface area contributed by atoms with E-state index in [0.717, 1.165) is 12.0 Å². The Bertz CT molecular complexity index is 578. The molecule has 0 aromatic heterocycles. The second kappa shape index (κ2) is 7.39. The fraction of sp³-hybridized carbons (Fsp3) is 0.222. The lowest BCUT2D eigenvalue weighted by Crippen LogP contribution is -1.95. The van der Waals surface area contributed by atoms with Gasteiger partial charge in [-0.3, -0.25) is 0 Å². The summed E-state index contributed by atoms with van der Waals surface area (Å²) in [6, 6.07) is 14.2. The van der Waals surface area contributed by atoms with Gasteiger partial charge in [0.05, 0.1) is 21.3 Å². The third kappa shape index (κ3) is 3.78. The third-order valence-electron chi connectivity index (χ3n) is 3.19. The number of ether oxygens (including phenoxy) is 3. The lowest BCUT2D eigenvalue weighted by molar-refractivity contribution is 0.324. The number of hydrogen-bond acceptors (Lipinski definition) is 3. The van der Waals surface area contributed by atoms with Crippen molar-refractivity contribution in [1.82, 2.24) is 0 Å². The van der Waals surface area contributed by atoms with E-state index in [0.29, 0.717) is 17.2 Å². The molecule has 110 valence electrons. The zero-order chi connectivity index (χ0) is 15.1. The minimum atomic E-state index is 0.611. The summed E-state index contributed by atoms with van der Waals surface area (Å²) in [6.07, 6.45) is 5.06. The highest BCUT2D eigenvalue weighted by Crippen LogP contribution is 2.38. The van der Waals surface area contributed by atoms with Gasteiger partial charge in [-0.2, -0.15) is 0 Å².